The maximum Gasteiger partial charge on any atom is 0.132 e. The minimum atomic E-state index is 0.195. The lowest BCUT2D eigenvalue weighted by atomic mass is 10.1. The fraction of sp³-hybridized carbons (Fsp3) is 0.875. The van der Waals surface area contributed by atoms with Gasteiger partial charge in [-0.2, -0.15) is 0 Å². The number of fused-ring (bicyclic) bond motifs is 1. The molecule has 2 saturated carbocycles. The SMILES string of the molecule is O=C1CCC2C(CC1)C2(Br)Br. The molecule has 62 valence electrons. The minimum absolute atomic E-state index is 0.195. The molecule has 0 heterocycles. The van der Waals surface area contributed by atoms with Crippen LogP contribution in [0.2, 0.25) is 0 Å². The Labute approximate surface area is 83.2 Å². The van der Waals surface area contributed by atoms with Crippen molar-refractivity contribution in [3.8, 4) is 0 Å². The van der Waals surface area contributed by atoms with E-state index in [4.69, 9.17) is 0 Å². The summed E-state index contributed by atoms with van der Waals surface area (Å²) in [6, 6.07) is 0. The van der Waals surface area contributed by atoms with Crippen LogP contribution < -0.4 is 0 Å². The molecule has 2 unspecified atom stereocenters. The zero-order chi connectivity index (χ0) is 8.06. The predicted molar refractivity (Wildman–Crippen MR) is 51.0 cm³/mol. The minimum Gasteiger partial charge on any atom is -0.300 e. The number of carbonyl (C=O) groups is 1. The average Bonchev–Trinajstić information content (AvgIpc) is 2.51. The van der Waals surface area contributed by atoms with Gasteiger partial charge in [0.1, 0.15) is 5.78 Å². The molecule has 0 saturated heterocycles. The molecule has 0 aromatic rings. The molecule has 0 spiro atoms. The first-order valence-electron chi connectivity index (χ1n) is 4.02. The molecule has 2 aliphatic rings. The van der Waals surface area contributed by atoms with Gasteiger partial charge in [0, 0.05) is 12.8 Å². The van der Waals surface area contributed by atoms with Gasteiger partial charge in [0.15, 0.2) is 0 Å². The van der Waals surface area contributed by atoms with E-state index in [1.807, 2.05) is 0 Å². The predicted octanol–water partition coefficient (Wildman–Crippen LogP) is 2.86. The molecule has 3 heteroatoms. The van der Waals surface area contributed by atoms with Crippen molar-refractivity contribution in [3.05, 3.63) is 0 Å². The second kappa shape index (κ2) is 2.56. The topological polar surface area (TPSA) is 17.1 Å². The van der Waals surface area contributed by atoms with Crippen LogP contribution in [0.5, 0.6) is 0 Å². The van der Waals surface area contributed by atoms with E-state index < -0.39 is 0 Å². The highest BCUT2D eigenvalue weighted by Gasteiger charge is 2.61. The Morgan fingerprint density at radius 1 is 1.18 bits per heavy atom. The van der Waals surface area contributed by atoms with Crippen LogP contribution in [0.25, 0.3) is 0 Å². The highest BCUT2D eigenvalue weighted by molar-refractivity contribution is 9.25. The first kappa shape index (κ1) is 8.24. The summed E-state index contributed by atoms with van der Waals surface area (Å²) in [7, 11) is 0. The monoisotopic (exact) mass is 280 g/mol. The summed E-state index contributed by atoms with van der Waals surface area (Å²) in [5.74, 6) is 1.86. The summed E-state index contributed by atoms with van der Waals surface area (Å²) in [4.78, 5) is 11.0. The molecule has 0 N–H and O–H groups in total. The number of hydrogen-bond acceptors (Lipinski definition) is 1. The smallest absolute Gasteiger partial charge is 0.132 e. The second-order valence-electron chi connectivity index (χ2n) is 3.50. The third kappa shape index (κ3) is 1.31. The van der Waals surface area contributed by atoms with Gasteiger partial charge in [0.25, 0.3) is 0 Å². The second-order valence-corrected chi connectivity index (χ2v) is 7.19. The van der Waals surface area contributed by atoms with Crippen LogP contribution in [-0.4, -0.2) is 9.02 Å². The van der Waals surface area contributed by atoms with E-state index in [0.29, 0.717) is 17.6 Å². The number of Topliss-reactive ketones (excluding diaryl/α,β-unsaturated/α-hetero) is 1. The van der Waals surface area contributed by atoms with E-state index in [2.05, 4.69) is 31.9 Å². The highest BCUT2D eigenvalue weighted by Crippen LogP contribution is 2.66. The Balaban J connectivity index is 2.03. The number of alkyl halides is 2. The zero-order valence-corrected chi connectivity index (χ0v) is 9.32. The average molecular weight is 282 g/mol. The van der Waals surface area contributed by atoms with Gasteiger partial charge in [0.05, 0.1) is 3.23 Å². The van der Waals surface area contributed by atoms with Crippen molar-refractivity contribution in [3.63, 3.8) is 0 Å². The van der Waals surface area contributed by atoms with Gasteiger partial charge in [-0.25, -0.2) is 0 Å². The first-order valence-corrected chi connectivity index (χ1v) is 5.60. The van der Waals surface area contributed by atoms with Crippen LogP contribution in [0.1, 0.15) is 25.7 Å². The molecule has 2 aliphatic carbocycles. The van der Waals surface area contributed by atoms with Crippen LogP contribution in [-0.2, 0) is 4.79 Å². The molecule has 1 nitrogen and oxygen atoms in total. The standard InChI is InChI=1S/C8H10Br2O/c9-8(10)6-3-1-5(11)2-4-7(6)8/h6-7H,1-4H2. The molecule has 0 radical (unpaired) electrons. The van der Waals surface area contributed by atoms with E-state index in [1.165, 1.54) is 0 Å². The summed E-state index contributed by atoms with van der Waals surface area (Å²) in [5, 5.41) is 0. The lowest BCUT2D eigenvalue weighted by Gasteiger charge is -2.01. The molecule has 2 atom stereocenters. The van der Waals surface area contributed by atoms with E-state index >= 15 is 0 Å². The van der Waals surface area contributed by atoms with Crippen molar-refractivity contribution in [1.29, 1.82) is 0 Å². The maximum atomic E-state index is 11.0. The number of hydrogen-bond donors (Lipinski definition) is 0. The van der Waals surface area contributed by atoms with Crippen molar-refractivity contribution in [2.75, 3.05) is 0 Å². The fourth-order valence-electron chi connectivity index (χ4n) is 2.01. The molecule has 2 rings (SSSR count). The Morgan fingerprint density at radius 3 is 2.09 bits per heavy atom. The molecular weight excluding hydrogens is 272 g/mol. The third-order valence-electron chi connectivity index (χ3n) is 2.83. The molecule has 11 heavy (non-hydrogen) atoms. The fourth-order valence-corrected chi connectivity index (χ4v) is 3.93. The van der Waals surface area contributed by atoms with Crippen molar-refractivity contribution >= 4 is 37.6 Å². The summed E-state index contributed by atoms with van der Waals surface area (Å²) in [6.07, 6.45) is 3.72. The van der Waals surface area contributed by atoms with E-state index in [0.717, 1.165) is 25.7 Å². The van der Waals surface area contributed by atoms with Gasteiger partial charge >= 0.3 is 0 Å². The summed E-state index contributed by atoms with van der Waals surface area (Å²) in [6.45, 7) is 0. The van der Waals surface area contributed by atoms with Gasteiger partial charge in [0.2, 0.25) is 0 Å². The summed E-state index contributed by atoms with van der Waals surface area (Å²) < 4.78 is 0.195. The normalized spacial score (nSPS) is 41.1. The van der Waals surface area contributed by atoms with Crippen molar-refractivity contribution in [2.24, 2.45) is 11.8 Å². The van der Waals surface area contributed by atoms with E-state index in [9.17, 15) is 4.79 Å². The van der Waals surface area contributed by atoms with Crippen LogP contribution in [0.4, 0.5) is 0 Å². The Morgan fingerprint density at radius 2 is 1.64 bits per heavy atom. The molecule has 2 fully saturated rings. The van der Waals surface area contributed by atoms with Crippen LogP contribution in [0.3, 0.4) is 0 Å². The van der Waals surface area contributed by atoms with Crippen molar-refractivity contribution < 1.29 is 4.79 Å². The van der Waals surface area contributed by atoms with Crippen LogP contribution in [0, 0.1) is 11.8 Å². The van der Waals surface area contributed by atoms with E-state index in [-0.39, 0.29) is 3.23 Å². The molecule has 0 aliphatic heterocycles. The zero-order valence-electron chi connectivity index (χ0n) is 6.15. The number of carbonyl (C=O) groups excluding carboxylic acids is 1. The van der Waals surface area contributed by atoms with E-state index in [1.54, 1.807) is 0 Å². The lowest BCUT2D eigenvalue weighted by Crippen LogP contribution is -2.00. The first-order chi connectivity index (χ1) is 5.12. The number of rotatable bonds is 0. The Bertz CT molecular complexity index is 182. The van der Waals surface area contributed by atoms with Gasteiger partial charge < -0.3 is 0 Å². The third-order valence-corrected chi connectivity index (χ3v) is 5.19. The highest BCUT2D eigenvalue weighted by atomic mass is 79.9. The Kier molecular flexibility index (Phi) is 1.92. The maximum absolute atomic E-state index is 11.0. The molecule has 0 aromatic carbocycles. The molecule has 0 aromatic heterocycles. The molecular formula is C8H10Br2O. The van der Waals surface area contributed by atoms with Crippen LogP contribution in [0.15, 0.2) is 0 Å². The number of ketones is 1. The Hall–Kier alpha value is 0.630. The van der Waals surface area contributed by atoms with Crippen molar-refractivity contribution in [2.45, 2.75) is 28.9 Å². The largest absolute Gasteiger partial charge is 0.300 e. The van der Waals surface area contributed by atoms with Gasteiger partial charge in [-0.1, -0.05) is 31.9 Å². The summed E-state index contributed by atoms with van der Waals surface area (Å²) in [5.41, 5.74) is 0. The van der Waals surface area contributed by atoms with Gasteiger partial charge in [-0.05, 0) is 24.7 Å². The number of halogens is 2. The van der Waals surface area contributed by atoms with Crippen LogP contribution >= 0.6 is 31.9 Å². The van der Waals surface area contributed by atoms with Crippen molar-refractivity contribution in [1.82, 2.24) is 0 Å². The quantitative estimate of drug-likeness (QED) is 0.624. The molecule has 0 bridgehead atoms. The summed E-state index contributed by atoms with van der Waals surface area (Å²) >= 11 is 7.28. The lowest BCUT2D eigenvalue weighted by molar-refractivity contribution is -0.119. The van der Waals surface area contributed by atoms with Gasteiger partial charge in [-0.3, -0.25) is 4.79 Å². The van der Waals surface area contributed by atoms with Gasteiger partial charge in [-0.15, -0.1) is 0 Å². The molecule has 0 amide bonds.